The van der Waals surface area contributed by atoms with E-state index < -0.39 is 6.09 Å². The van der Waals surface area contributed by atoms with Crippen LogP contribution in [0.4, 0.5) is 10.5 Å². The van der Waals surface area contributed by atoms with Gasteiger partial charge in [-0.1, -0.05) is 30.9 Å². The Balaban J connectivity index is 1.42. The topological polar surface area (TPSA) is 67.9 Å². The van der Waals surface area contributed by atoms with Crippen molar-refractivity contribution < 1.29 is 19.1 Å². The fourth-order valence-electron chi connectivity index (χ4n) is 4.65. The Bertz CT molecular complexity index is 947. The summed E-state index contributed by atoms with van der Waals surface area (Å²) in [4.78, 5) is 27.3. The molecule has 1 heterocycles. The highest BCUT2D eigenvalue weighted by Gasteiger charge is 2.33. The Hall–Kier alpha value is -2.73. The second-order valence-electron chi connectivity index (χ2n) is 8.23. The number of amides is 2. The summed E-state index contributed by atoms with van der Waals surface area (Å²) in [6.45, 7) is 1.61. The number of ether oxygens (including phenoxy) is 2. The van der Waals surface area contributed by atoms with Gasteiger partial charge in [-0.05, 0) is 61.1 Å². The monoisotopic (exact) mass is 442 g/mol. The molecule has 7 heteroatoms. The van der Waals surface area contributed by atoms with Gasteiger partial charge in [-0.15, -0.1) is 0 Å². The predicted molar refractivity (Wildman–Crippen MR) is 120 cm³/mol. The normalized spacial score (nSPS) is 20.5. The number of hydrogen-bond acceptors (Lipinski definition) is 4. The second-order valence-corrected chi connectivity index (χ2v) is 8.66. The first-order chi connectivity index (χ1) is 15.0. The summed E-state index contributed by atoms with van der Waals surface area (Å²) >= 11 is 5.84. The lowest BCUT2D eigenvalue weighted by molar-refractivity contribution is 0.0518. The van der Waals surface area contributed by atoms with Crippen molar-refractivity contribution in [2.24, 2.45) is 11.8 Å². The van der Waals surface area contributed by atoms with Crippen molar-refractivity contribution in [1.29, 1.82) is 0 Å². The van der Waals surface area contributed by atoms with E-state index in [1.165, 1.54) is 32.8 Å². The van der Waals surface area contributed by atoms with E-state index in [0.29, 0.717) is 33.7 Å². The van der Waals surface area contributed by atoms with Gasteiger partial charge in [0.05, 0.1) is 12.7 Å². The van der Waals surface area contributed by atoms with E-state index in [9.17, 15) is 9.59 Å². The zero-order valence-electron chi connectivity index (χ0n) is 17.6. The van der Waals surface area contributed by atoms with Crippen LogP contribution in [0.25, 0.3) is 0 Å². The molecule has 2 aliphatic rings. The third-order valence-electron chi connectivity index (χ3n) is 6.28. The van der Waals surface area contributed by atoms with Crippen molar-refractivity contribution in [3.63, 3.8) is 0 Å². The highest BCUT2D eigenvalue weighted by Crippen LogP contribution is 2.37. The van der Waals surface area contributed by atoms with E-state index in [-0.39, 0.29) is 5.91 Å². The number of rotatable bonds is 4. The first kappa shape index (κ1) is 21.5. The molecule has 2 fully saturated rings. The first-order valence-corrected chi connectivity index (χ1v) is 11.1. The Labute approximate surface area is 187 Å². The third-order valence-corrected chi connectivity index (χ3v) is 6.53. The average Bonchev–Trinajstić information content (AvgIpc) is 2.79. The molecule has 0 radical (unpaired) electrons. The number of halogens is 1. The number of anilines is 1. The first-order valence-electron chi connectivity index (χ1n) is 10.7. The molecule has 2 aromatic carbocycles. The largest absolute Gasteiger partial charge is 0.496 e. The number of benzene rings is 2. The van der Waals surface area contributed by atoms with Gasteiger partial charge in [0.15, 0.2) is 0 Å². The summed E-state index contributed by atoms with van der Waals surface area (Å²) < 4.78 is 10.7. The molecule has 31 heavy (non-hydrogen) atoms. The molecule has 2 amide bonds. The summed E-state index contributed by atoms with van der Waals surface area (Å²) in [5.41, 5.74) is 0.992. The molecule has 0 spiro atoms. The molecule has 1 N–H and O–H groups in total. The molecule has 6 nitrogen and oxygen atoms in total. The SMILES string of the molecule is COc1cc(NC(=O)Oc2ccc(Cl)cc2)ccc1C(=O)N1CC[C@H]2CCCC[C@H]2C1. The molecular formula is C24H27ClN2O4. The standard InChI is InChI=1S/C24H27ClN2O4/c1-30-22-14-19(26-24(29)31-20-9-6-18(25)7-10-20)8-11-21(22)23(28)27-13-12-16-4-2-3-5-17(16)15-27/h6-11,14,16-17H,2-5,12-13,15H2,1H3,(H,26,29)/t16-,17+/m1/s1. The van der Waals surface area contributed by atoms with E-state index in [1.807, 2.05) is 4.90 Å². The third kappa shape index (κ3) is 5.13. The predicted octanol–water partition coefficient (Wildman–Crippen LogP) is 5.61. The number of piperidine rings is 1. The van der Waals surface area contributed by atoms with Crippen LogP contribution in [0, 0.1) is 11.8 Å². The summed E-state index contributed by atoms with van der Waals surface area (Å²) in [7, 11) is 1.52. The fraction of sp³-hybridized carbons (Fsp3) is 0.417. The summed E-state index contributed by atoms with van der Waals surface area (Å²) in [6, 6.07) is 11.5. The zero-order valence-corrected chi connectivity index (χ0v) is 18.4. The van der Waals surface area contributed by atoms with Crippen LogP contribution < -0.4 is 14.8 Å². The Morgan fingerprint density at radius 1 is 1.03 bits per heavy atom. The molecule has 0 unspecified atom stereocenters. The van der Waals surface area contributed by atoms with Crippen LogP contribution in [-0.2, 0) is 0 Å². The number of hydrogen-bond donors (Lipinski definition) is 1. The van der Waals surface area contributed by atoms with Crippen molar-refractivity contribution in [2.75, 3.05) is 25.5 Å². The van der Waals surface area contributed by atoms with E-state index in [2.05, 4.69) is 5.32 Å². The number of likely N-dealkylation sites (tertiary alicyclic amines) is 1. The summed E-state index contributed by atoms with van der Waals surface area (Å²) in [5.74, 6) is 2.17. The molecule has 0 aromatic heterocycles. The van der Waals surface area contributed by atoms with Crippen LogP contribution in [-0.4, -0.2) is 37.1 Å². The van der Waals surface area contributed by atoms with E-state index in [1.54, 1.807) is 42.5 Å². The maximum atomic E-state index is 13.2. The van der Waals surface area contributed by atoms with Crippen molar-refractivity contribution in [1.82, 2.24) is 4.90 Å². The molecule has 1 aliphatic heterocycles. The fourth-order valence-corrected chi connectivity index (χ4v) is 4.78. The van der Waals surface area contributed by atoms with Crippen molar-refractivity contribution in [2.45, 2.75) is 32.1 Å². The Morgan fingerprint density at radius 3 is 2.52 bits per heavy atom. The highest BCUT2D eigenvalue weighted by atomic mass is 35.5. The van der Waals surface area contributed by atoms with Gasteiger partial charge >= 0.3 is 6.09 Å². The smallest absolute Gasteiger partial charge is 0.417 e. The molecule has 4 rings (SSSR count). The van der Waals surface area contributed by atoms with Crippen LogP contribution in [0.15, 0.2) is 42.5 Å². The molecule has 1 aliphatic carbocycles. The number of carbonyl (C=O) groups excluding carboxylic acids is 2. The maximum Gasteiger partial charge on any atom is 0.417 e. The molecule has 2 aromatic rings. The molecule has 2 atom stereocenters. The van der Waals surface area contributed by atoms with Crippen LogP contribution in [0.1, 0.15) is 42.5 Å². The molecule has 1 saturated heterocycles. The van der Waals surface area contributed by atoms with Crippen molar-refractivity contribution >= 4 is 29.3 Å². The highest BCUT2D eigenvalue weighted by molar-refractivity contribution is 6.30. The minimum absolute atomic E-state index is 0.0174. The van der Waals surface area contributed by atoms with Gasteiger partial charge in [0.25, 0.3) is 5.91 Å². The van der Waals surface area contributed by atoms with E-state index in [4.69, 9.17) is 21.1 Å². The molecule has 1 saturated carbocycles. The van der Waals surface area contributed by atoms with Crippen molar-refractivity contribution in [3.05, 3.63) is 53.1 Å². The number of carbonyl (C=O) groups is 2. The van der Waals surface area contributed by atoms with Gasteiger partial charge in [-0.3, -0.25) is 10.1 Å². The van der Waals surface area contributed by atoms with Gasteiger partial charge in [0, 0.05) is 29.9 Å². The second kappa shape index (κ2) is 9.60. The van der Waals surface area contributed by atoms with E-state index in [0.717, 1.165) is 25.4 Å². The van der Waals surface area contributed by atoms with Crippen LogP contribution in [0.3, 0.4) is 0 Å². The molecular weight excluding hydrogens is 416 g/mol. The number of fused-ring (bicyclic) bond motifs is 1. The lowest BCUT2D eigenvalue weighted by atomic mass is 9.75. The molecule has 0 bridgehead atoms. The summed E-state index contributed by atoms with van der Waals surface area (Å²) in [6.07, 6.45) is 5.53. The molecule has 164 valence electrons. The van der Waals surface area contributed by atoms with Crippen molar-refractivity contribution in [3.8, 4) is 11.5 Å². The maximum absolute atomic E-state index is 13.2. The lowest BCUT2D eigenvalue weighted by Gasteiger charge is -2.41. The van der Waals surface area contributed by atoms with Gasteiger partial charge in [-0.2, -0.15) is 0 Å². The minimum Gasteiger partial charge on any atom is -0.496 e. The number of methoxy groups -OCH3 is 1. The van der Waals surface area contributed by atoms with Gasteiger partial charge < -0.3 is 14.4 Å². The quantitative estimate of drug-likeness (QED) is 0.668. The van der Waals surface area contributed by atoms with Gasteiger partial charge in [-0.25, -0.2) is 4.79 Å². The number of nitrogens with one attached hydrogen (secondary N) is 1. The Morgan fingerprint density at radius 2 is 1.77 bits per heavy atom. The van der Waals surface area contributed by atoms with E-state index >= 15 is 0 Å². The number of nitrogens with zero attached hydrogens (tertiary/aromatic N) is 1. The minimum atomic E-state index is -0.636. The van der Waals surface area contributed by atoms with Crippen LogP contribution in [0.2, 0.25) is 5.02 Å². The lowest BCUT2D eigenvalue weighted by Crippen LogP contribution is -2.44. The zero-order chi connectivity index (χ0) is 21.8. The Kier molecular flexibility index (Phi) is 6.66. The summed E-state index contributed by atoms with van der Waals surface area (Å²) in [5, 5.41) is 3.22. The average molecular weight is 443 g/mol. The van der Waals surface area contributed by atoms with Gasteiger partial charge in [0.2, 0.25) is 0 Å². The van der Waals surface area contributed by atoms with Gasteiger partial charge in [0.1, 0.15) is 11.5 Å². The van der Waals surface area contributed by atoms with Crippen LogP contribution in [0.5, 0.6) is 11.5 Å². The van der Waals surface area contributed by atoms with Crippen LogP contribution >= 0.6 is 11.6 Å².